The van der Waals surface area contributed by atoms with Crippen molar-refractivity contribution in [3.63, 3.8) is 0 Å². The molecule has 1 atom stereocenters. The summed E-state index contributed by atoms with van der Waals surface area (Å²) in [5.74, 6) is 2.49. The summed E-state index contributed by atoms with van der Waals surface area (Å²) in [4.78, 5) is 0. The molecule has 4 aliphatic carbocycles. The number of hydrogen-bond acceptors (Lipinski definition) is 0. The van der Waals surface area contributed by atoms with Gasteiger partial charge in [-0.05, 0) is 370 Å². The fraction of sp³-hybridized carbons (Fsp3) is 0.143. The highest BCUT2D eigenvalue weighted by Crippen LogP contribution is 2.48. The maximum absolute atomic E-state index is 2.46. The molecule has 20 aromatic carbocycles. The first-order valence-electron chi connectivity index (χ1n) is 52.1. The highest BCUT2D eigenvalue weighted by atomic mass is 15.0. The minimum atomic E-state index is 0.582. The molecule has 0 saturated heterocycles. The summed E-state index contributed by atoms with van der Waals surface area (Å²) in [7, 11) is 0. The largest absolute Gasteiger partial charge is 0.309 e. The lowest BCUT2D eigenvalue weighted by atomic mass is 9.97. The van der Waals surface area contributed by atoms with Gasteiger partial charge in [0.2, 0.25) is 0 Å². The van der Waals surface area contributed by atoms with E-state index in [2.05, 4.69) is 510 Å². The molecule has 696 valence electrons. The molecule has 4 nitrogen and oxygen atoms in total. The molecule has 1 unspecified atom stereocenters. The van der Waals surface area contributed by atoms with Crippen LogP contribution in [0.5, 0.6) is 0 Å². The molecule has 0 radical (unpaired) electrons. The molecule has 4 aliphatic rings. The first-order chi connectivity index (χ1) is 70.7. The van der Waals surface area contributed by atoms with Gasteiger partial charge in [0.1, 0.15) is 0 Å². The number of hydrogen-bond donors (Lipinski definition) is 0. The third kappa shape index (κ3) is 16.2. The lowest BCUT2D eigenvalue weighted by Gasteiger charge is -2.15. The Hall–Kier alpha value is -16.4. The zero-order valence-corrected chi connectivity index (χ0v) is 83.3. The Labute approximate surface area is 845 Å². The Morgan fingerprint density at radius 1 is 0.194 bits per heavy atom. The van der Waals surface area contributed by atoms with Crippen molar-refractivity contribution in [1.82, 2.24) is 18.3 Å². The van der Waals surface area contributed by atoms with Crippen LogP contribution in [0.4, 0.5) is 0 Å². The van der Waals surface area contributed by atoms with E-state index in [9.17, 15) is 0 Å². The molecule has 0 aliphatic heterocycles. The average Bonchev–Trinajstić information content (AvgIpc) is 1.58. The van der Waals surface area contributed by atoms with E-state index in [1.54, 1.807) is 0 Å². The van der Waals surface area contributed by atoms with E-state index in [1.807, 2.05) is 0 Å². The van der Waals surface area contributed by atoms with Gasteiger partial charge < -0.3 is 18.3 Å². The molecule has 0 bridgehead atoms. The van der Waals surface area contributed by atoms with E-state index in [0.29, 0.717) is 23.7 Å². The van der Waals surface area contributed by atoms with Crippen molar-refractivity contribution in [3.8, 4) is 112 Å². The second-order valence-electron chi connectivity index (χ2n) is 41.8. The van der Waals surface area contributed by atoms with Crippen LogP contribution in [0.2, 0.25) is 0 Å². The second kappa shape index (κ2) is 37.2. The van der Waals surface area contributed by atoms with Gasteiger partial charge >= 0.3 is 0 Å². The van der Waals surface area contributed by atoms with E-state index in [1.165, 1.54) is 266 Å². The predicted octanol–water partition coefficient (Wildman–Crippen LogP) is 37.2. The van der Waals surface area contributed by atoms with Gasteiger partial charge in [-0.25, -0.2) is 0 Å². The smallest absolute Gasteiger partial charge is 0.0541 e. The third-order valence-electron chi connectivity index (χ3n) is 31.1. The molecule has 4 heterocycles. The molecule has 4 aromatic heterocycles. The predicted molar refractivity (Wildman–Crippen MR) is 612 cm³/mol. The van der Waals surface area contributed by atoms with Crippen LogP contribution < -0.4 is 0 Å². The van der Waals surface area contributed by atoms with Gasteiger partial charge in [0, 0.05) is 65.8 Å². The van der Waals surface area contributed by atoms with Gasteiger partial charge in [-0.2, -0.15) is 0 Å². The van der Waals surface area contributed by atoms with Crippen LogP contribution in [0.25, 0.3) is 199 Å². The van der Waals surface area contributed by atoms with Gasteiger partial charge in [-0.1, -0.05) is 353 Å². The van der Waals surface area contributed by atoms with E-state index in [0.717, 1.165) is 51.4 Å². The number of nitrogens with zero attached hydrogens (tertiary/aromatic N) is 4. The standard InChI is InChI=1S/4C35H29N/c1-23(2)19-28-10-4-7-13-33(28)36-34-14-8-6-12-30(34)32-22-25(17-18-35(32)36)24-15-16-27-20-26-9-3-5-11-29(26)31(27)21-24;1-23(2)18-24-8-7-10-29(19-24)36-34-13-6-5-12-31(34)33-22-26(16-17-35(33)36)25-14-15-28-20-27-9-3-4-11-30(27)32(28)21-25;1-23(2)19-24-11-16-29(17-12-24)36-34-10-6-5-9-31(34)33-22-26(15-18-35(33)36)25-13-14-28-20-27-7-3-4-8-30(27)32(28)21-25;1-3-23(2)24-14-17-29(18-15-24)36-34-11-7-6-10-31(34)33-22-26(16-19-35(33)36)25-12-13-28-20-27-8-4-5-9-30(27)32(28)21-25/h3-18,21-23H,19-20H2,1-2H3;3-17,19,21-23H,18,20H2,1-2H3;3-18,21-23H,19-20H2,1-2H3;4-19,21-23H,3,20H2,1-2H3. The zero-order chi connectivity index (χ0) is 96.9. The molecule has 0 saturated carbocycles. The van der Waals surface area contributed by atoms with Gasteiger partial charge in [-0.15, -0.1) is 0 Å². The lowest BCUT2D eigenvalue weighted by Crippen LogP contribution is -2.02. The summed E-state index contributed by atoms with van der Waals surface area (Å²) >= 11 is 0. The first-order valence-corrected chi connectivity index (χ1v) is 52.1. The molecule has 28 rings (SSSR count). The molecule has 0 spiro atoms. The minimum absolute atomic E-state index is 0.582. The number of fused-ring (bicyclic) bond motifs is 24. The van der Waals surface area contributed by atoms with Crippen LogP contribution in [0, 0.1) is 17.8 Å². The number of benzene rings is 20. The Kier molecular flexibility index (Phi) is 23.0. The van der Waals surface area contributed by atoms with E-state index in [-0.39, 0.29) is 0 Å². The monoisotopic (exact) mass is 1850 g/mol. The topological polar surface area (TPSA) is 19.7 Å². The SMILES string of the molecule is CC(C)Cc1ccc(-n2c3ccccc3c3cc(-c4ccc5c(c4)-c4ccccc4C5)ccc32)cc1.CC(C)Cc1cccc(-n2c3ccccc3c3cc(-c4ccc5c(c4)-c4ccccc4C5)ccc32)c1.CC(C)Cc1ccccc1-n1c2ccccc2c2cc(-c3ccc4c(c3)-c3ccccc3C4)ccc21.CCC(C)c1ccc(-n2c3ccccc3c3cc(-c4ccc5c(c4)-c4ccccc4C5)ccc32)cc1. The highest BCUT2D eigenvalue weighted by Gasteiger charge is 2.27. The van der Waals surface area contributed by atoms with Crippen LogP contribution in [0.3, 0.4) is 0 Å². The van der Waals surface area contributed by atoms with Crippen LogP contribution in [0.1, 0.15) is 134 Å². The molecule has 0 N–H and O–H groups in total. The Morgan fingerprint density at radius 2 is 0.479 bits per heavy atom. The third-order valence-corrected chi connectivity index (χ3v) is 31.1. The van der Waals surface area contributed by atoms with Crippen molar-refractivity contribution in [1.29, 1.82) is 0 Å². The van der Waals surface area contributed by atoms with Crippen LogP contribution in [-0.2, 0) is 44.9 Å². The molecule has 4 heteroatoms. The van der Waals surface area contributed by atoms with Crippen LogP contribution in [0.15, 0.2) is 437 Å². The summed E-state index contributed by atoms with van der Waals surface area (Å²) in [6.07, 6.45) is 8.58. The average molecular weight is 1850 g/mol. The van der Waals surface area contributed by atoms with Crippen molar-refractivity contribution in [2.45, 2.75) is 113 Å². The first kappa shape index (κ1) is 89.0. The van der Waals surface area contributed by atoms with E-state index in [4.69, 9.17) is 0 Å². The van der Waals surface area contributed by atoms with Gasteiger partial charge in [0.25, 0.3) is 0 Å². The molecule has 24 aromatic rings. The molecule has 144 heavy (non-hydrogen) atoms. The van der Waals surface area contributed by atoms with Crippen molar-refractivity contribution in [2.75, 3.05) is 0 Å². The zero-order valence-electron chi connectivity index (χ0n) is 83.3. The molecule has 0 fully saturated rings. The Morgan fingerprint density at radius 3 is 0.847 bits per heavy atom. The maximum Gasteiger partial charge on any atom is 0.0541 e. The second-order valence-corrected chi connectivity index (χ2v) is 41.8. The number of para-hydroxylation sites is 5. The van der Waals surface area contributed by atoms with Gasteiger partial charge in [0.15, 0.2) is 0 Å². The number of rotatable bonds is 16. The highest BCUT2D eigenvalue weighted by molar-refractivity contribution is 6.15. The summed E-state index contributed by atoms with van der Waals surface area (Å²) in [6, 6.07) is 163. The van der Waals surface area contributed by atoms with Crippen molar-refractivity contribution < 1.29 is 0 Å². The fourth-order valence-electron chi connectivity index (χ4n) is 24.0. The van der Waals surface area contributed by atoms with Crippen molar-refractivity contribution in [3.05, 3.63) is 504 Å². The lowest BCUT2D eigenvalue weighted by molar-refractivity contribution is 0.645. The summed E-state index contributed by atoms with van der Waals surface area (Å²) in [5, 5.41) is 10.4. The van der Waals surface area contributed by atoms with Crippen LogP contribution >= 0.6 is 0 Å². The molecule has 0 amide bonds. The minimum Gasteiger partial charge on any atom is -0.309 e. The van der Waals surface area contributed by atoms with Gasteiger partial charge in [-0.3, -0.25) is 0 Å². The fourth-order valence-corrected chi connectivity index (χ4v) is 24.0. The van der Waals surface area contributed by atoms with Crippen molar-refractivity contribution in [2.24, 2.45) is 17.8 Å². The molecular formula is C140H116N4. The Balaban J connectivity index is 0.000000101. The normalized spacial score (nSPS) is 12.6. The molecular weight excluding hydrogens is 1740 g/mol. The van der Waals surface area contributed by atoms with Gasteiger partial charge in [0.05, 0.1) is 44.1 Å². The van der Waals surface area contributed by atoms with Crippen LogP contribution in [-0.4, -0.2) is 18.3 Å². The van der Waals surface area contributed by atoms with Crippen molar-refractivity contribution >= 4 is 87.2 Å². The number of aromatic nitrogens is 4. The van der Waals surface area contributed by atoms with E-state index < -0.39 is 0 Å². The summed E-state index contributed by atoms with van der Waals surface area (Å²) < 4.78 is 9.71. The quantitative estimate of drug-likeness (QED) is 0.0919. The van der Waals surface area contributed by atoms with E-state index >= 15 is 0 Å². The summed E-state index contributed by atoms with van der Waals surface area (Å²) in [6.45, 7) is 18.3. The maximum atomic E-state index is 2.46. The summed E-state index contributed by atoms with van der Waals surface area (Å²) in [5.41, 5.74) is 53.3. The Bertz CT molecular complexity index is 9140.